The van der Waals surface area contributed by atoms with Gasteiger partial charge in [0.2, 0.25) is 0 Å². The van der Waals surface area contributed by atoms with Gasteiger partial charge in [0, 0.05) is 11.9 Å². The average molecular weight is 185 g/mol. The van der Waals surface area contributed by atoms with Crippen LogP contribution in [0.1, 0.15) is 31.8 Å². The van der Waals surface area contributed by atoms with Crippen LogP contribution in [0.4, 0.5) is 4.39 Å². The van der Waals surface area contributed by atoms with Gasteiger partial charge < -0.3 is 10.7 Å². The summed E-state index contributed by atoms with van der Waals surface area (Å²) in [5.74, 6) is 0.388. The largest absolute Gasteiger partial charge is 0.343 e. The molecule has 0 atom stereocenters. The standard InChI is InChI=1S/C9H16FN3/c1-9(2,10)8-12-6-7(13-8)4-3-5-11/h6H,3-5,11H2,1-2H3,(H,12,13). The highest BCUT2D eigenvalue weighted by Gasteiger charge is 2.22. The zero-order valence-corrected chi connectivity index (χ0v) is 8.10. The van der Waals surface area contributed by atoms with E-state index in [1.165, 1.54) is 13.8 Å². The molecule has 1 heterocycles. The lowest BCUT2D eigenvalue weighted by molar-refractivity contribution is 0.208. The molecule has 3 nitrogen and oxygen atoms in total. The average Bonchev–Trinajstić information content (AvgIpc) is 2.47. The smallest absolute Gasteiger partial charge is 0.162 e. The molecule has 3 N–H and O–H groups in total. The first-order chi connectivity index (χ1) is 6.04. The number of nitrogens with zero attached hydrogens (tertiary/aromatic N) is 1. The quantitative estimate of drug-likeness (QED) is 0.747. The van der Waals surface area contributed by atoms with Crippen molar-refractivity contribution in [1.82, 2.24) is 9.97 Å². The minimum atomic E-state index is -1.39. The van der Waals surface area contributed by atoms with E-state index in [-0.39, 0.29) is 0 Å². The lowest BCUT2D eigenvalue weighted by Crippen LogP contribution is -2.11. The third kappa shape index (κ3) is 2.81. The number of aromatic nitrogens is 2. The highest BCUT2D eigenvalue weighted by atomic mass is 19.1. The van der Waals surface area contributed by atoms with Gasteiger partial charge in [-0.3, -0.25) is 0 Å². The molecule has 0 aliphatic carbocycles. The maximum absolute atomic E-state index is 13.3. The first-order valence-electron chi connectivity index (χ1n) is 4.47. The van der Waals surface area contributed by atoms with Crippen molar-refractivity contribution in [1.29, 1.82) is 0 Å². The van der Waals surface area contributed by atoms with E-state index in [0.717, 1.165) is 18.5 Å². The number of nitrogens with two attached hydrogens (primary N) is 1. The Kier molecular flexibility index (Phi) is 3.03. The van der Waals surface area contributed by atoms with Gasteiger partial charge in [-0.2, -0.15) is 0 Å². The highest BCUT2D eigenvalue weighted by molar-refractivity contribution is 5.06. The molecule has 0 bridgehead atoms. The van der Waals surface area contributed by atoms with Crippen LogP contribution in [0.5, 0.6) is 0 Å². The van der Waals surface area contributed by atoms with E-state index in [0.29, 0.717) is 12.4 Å². The van der Waals surface area contributed by atoms with Crippen LogP contribution in [0, 0.1) is 0 Å². The van der Waals surface area contributed by atoms with Gasteiger partial charge in [-0.1, -0.05) is 0 Å². The van der Waals surface area contributed by atoms with E-state index >= 15 is 0 Å². The van der Waals surface area contributed by atoms with E-state index in [4.69, 9.17) is 5.73 Å². The zero-order valence-electron chi connectivity index (χ0n) is 8.10. The summed E-state index contributed by atoms with van der Waals surface area (Å²) in [6.45, 7) is 3.62. The van der Waals surface area contributed by atoms with Gasteiger partial charge in [-0.25, -0.2) is 9.37 Å². The predicted molar refractivity (Wildman–Crippen MR) is 50.1 cm³/mol. The fourth-order valence-corrected chi connectivity index (χ4v) is 1.08. The van der Waals surface area contributed by atoms with E-state index < -0.39 is 5.67 Å². The molecule has 0 radical (unpaired) electrons. The second-order valence-electron chi connectivity index (χ2n) is 3.62. The zero-order chi connectivity index (χ0) is 9.90. The number of rotatable bonds is 4. The van der Waals surface area contributed by atoms with Gasteiger partial charge in [0.1, 0.15) is 5.82 Å². The maximum atomic E-state index is 13.3. The lowest BCUT2D eigenvalue weighted by atomic mass is 10.1. The van der Waals surface area contributed by atoms with E-state index in [1.54, 1.807) is 6.20 Å². The molecule has 0 saturated carbocycles. The molecule has 0 unspecified atom stereocenters. The molecule has 0 aromatic carbocycles. The van der Waals surface area contributed by atoms with Crippen LogP contribution in [-0.2, 0) is 12.1 Å². The second-order valence-corrected chi connectivity index (χ2v) is 3.62. The summed E-state index contributed by atoms with van der Waals surface area (Å²) in [5, 5.41) is 0. The molecule has 1 rings (SSSR count). The summed E-state index contributed by atoms with van der Waals surface area (Å²) >= 11 is 0. The predicted octanol–water partition coefficient (Wildman–Crippen LogP) is 1.51. The number of imidazole rings is 1. The number of hydrogen-bond donors (Lipinski definition) is 2. The SMILES string of the molecule is CC(C)(F)c1ncc(CCCN)[nH]1. The molecule has 0 fully saturated rings. The van der Waals surface area contributed by atoms with Gasteiger partial charge in [0.25, 0.3) is 0 Å². The monoisotopic (exact) mass is 185 g/mol. The number of aryl methyl sites for hydroxylation is 1. The molecular weight excluding hydrogens is 169 g/mol. The summed E-state index contributed by atoms with van der Waals surface area (Å²) < 4.78 is 13.3. The number of nitrogens with one attached hydrogen (secondary N) is 1. The van der Waals surface area contributed by atoms with Gasteiger partial charge in [0.05, 0.1) is 0 Å². The number of alkyl halides is 1. The highest BCUT2D eigenvalue weighted by Crippen LogP contribution is 2.21. The first-order valence-corrected chi connectivity index (χ1v) is 4.47. The van der Waals surface area contributed by atoms with Gasteiger partial charge in [0.15, 0.2) is 5.67 Å². The topological polar surface area (TPSA) is 54.7 Å². The Morgan fingerprint density at radius 1 is 1.62 bits per heavy atom. The molecule has 4 heteroatoms. The Labute approximate surface area is 77.6 Å². The van der Waals surface area contributed by atoms with E-state index in [1.807, 2.05) is 0 Å². The van der Waals surface area contributed by atoms with Gasteiger partial charge >= 0.3 is 0 Å². The fraction of sp³-hybridized carbons (Fsp3) is 0.667. The third-order valence-electron chi connectivity index (χ3n) is 1.84. The van der Waals surface area contributed by atoms with Crippen LogP contribution in [-0.4, -0.2) is 16.5 Å². The normalized spacial score (nSPS) is 12.0. The Hall–Kier alpha value is -0.900. The van der Waals surface area contributed by atoms with Crippen molar-refractivity contribution in [2.45, 2.75) is 32.4 Å². The van der Waals surface area contributed by atoms with Crippen LogP contribution in [0.25, 0.3) is 0 Å². The Bertz CT molecular complexity index is 262. The molecule has 1 aromatic rings. The van der Waals surface area contributed by atoms with Gasteiger partial charge in [-0.05, 0) is 33.2 Å². The third-order valence-corrected chi connectivity index (χ3v) is 1.84. The van der Waals surface area contributed by atoms with Crippen LogP contribution in [0.2, 0.25) is 0 Å². The van der Waals surface area contributed by atoms with E-state index in [9.17, 15) is 4.39 Å². The van der Waals surface area contributed by atoms with Crippen molar-refractivity contribution in [3.63, 3.8) is 0 Å². The second kappa shape index (κ2) is 3.87. The lowest BCUT2D eigenvalue weighted by Gasteiger charge is -2.09. The first kappa shape index (κ1) is 10.2. The molecule has 0 spiro atoms. The number of aromatic amines is 1. The Morgan fingerprint density at radius 2 is 2.31 bits per heavy atom. The molecule has 0 aliphatic rings. The van der Waals surface area contributed by atoms with Crippen LogP contribution >= 0.6 is 0 Å². The number of hydrogen-bond acceptors (Lipinski definition) is 2. The Balaban J connectivity index is 2.64. The summed E-state index contributed by atoms with van der Waals surface area (Å²) in [7, 11) is 0. The summed E-state index contributed by atoms with van der Waals surface area (Å²) in [4.78, 5) is 6.92. The molecule has 0 saturated heterocycles. The van der Waals surface area contributed by atoms with Crippen molar-refractivity contribution in [2.75, 3.05) is 6.54 Å². The summed E-state index contributed by atoms with van der Waals surface area (Å²) in [5.41, 5.74) is 4.92. The van der Waals surface area contributed by atoms with Crippen molar-refractivity contribution in [3.05, 3.63) is 17.7 Å². The minimum absolute atomic E-state index is 0.388. The van der Waals surface area contributed by atoms with Crippen LogP contribution in [0.15, 0.2) is 6.20 Å². The summed E-state index contributed by atoms with van der Waals surface area (Å²) in [6.07, 6.45) is 3.40. The molecule has 0 aliphatic heterocycles. The fourth-order valence-electron chi connectivity index (χ4n) is 1.08. The Morgan fingerprint density at radius 3 is 2.77 bits per heavy atom. The van der Waals surface area contributed by atoms with E-state index in [2.05, 4.69) is 9.97 Å². The molecule has 1 aromatic heterocycles. The minimum Gasteiger partial charge on any atom is -0.343 e. The molecular formula is C9H16FN3. The molecule has 74 valence electrons. The van der Waals surface area contributed by atoms with Crippen LogP contribution in [0.3, 0.4) is 0 Å². The number of H-pyrrole nitrogens is 1. The number of halogens is 1. The van der Waals surface area contributed by atoms with Gasteiger partial charge in [-0.15, -0.1) is 0 Å². The molecule has 0 amide bonds. The maximum Gasteiger partial charge on any atom is 0.162 e. The summed E-state index contributed by atoms with van der Waals surface area (Å²) in [6, 6.07) is 0. The van der Waals surface area contributed by atoms with Crippen molar-refractivity contribution in [2.24, 2.45) is 5.73 Å². The molecule has 13 heavy (non-hydrogen) atoms. The van der Waals surface area contributed by atoms with Crippen molar-refractivity contribution in [3.8, 4) is 0 Å². The van der Waals surface area contributed by atoms with Crippen molar-refractivity contribution >= 4 is 0 Å². The van der Waals surface area contributed by atoms with Crippen molar-refractivity contribution < 1.29 is 4.39 Å². The van der Waals surface area contributed by atoms with Crippen LogP contribution < -0.4 is 5.73 Å².